The molecule has 0 spiro atoms. The minimum atomic E-state index is 1.11. The summed E-state index contributed by atoms with van der Waals surface area (Å²) >= 11 is 0. The standard InChI is InChI=1S/C54H38N2/c1-4-13-39(14-5-1)41-27-32-48(33-28-41)55(47-18-8-3-9-19-47)50-20-12-17-45(37-50)43-23-25-44(26-24-43)46-31-36-52-51-21-10-11-22-53(51)56(54(52)38-46)49-34-29-42(30-35-49)40-15-6-2-7-16-40/h1-38H. The first-order chi connectivity index (χ1) is 27.8. The lowest BCUT2D eigenvalue weighted by molar-refractivity contribution is 1.18. The normalized spacial score (nSPS) is 11.2. The lowest BCUT2D eigenvalue weighted by atomic mass is 9.99. The molecule has 2 nitrogen and oxygen atoms in total. The molecule has 264 valence electrons. The number of aromatic nitrogens is 1. The van der Waals surface area contributed by atoms with Crippen LogP contribution in [0.25, 0.3) is 72.0 Å². The van der Waals surface area contributed by atoms with Crippen LogP contribution in [0.15, 0.2) is 231 Å². The third kappa shape index (κ3) is 6.24. The zero-order valence-electron chi connectivity index (χ0n) is 30.8. The summed E-state index contributed by atoms with van der Waals surface area (Å²) in [6.45, 7) is 0. The van der Waals surface area contributed by atoms with Crippen LogP contribution in [0.4, 0.5) is 17.1 Å². The quantitative estimate of drug-likeness (QED) is 0.152. The van der Waals surface area contributed by atoms with Crippen LogP contribution in [-0.2, 0) is 0 Å². The molecule has 1 heterocycles. The molecule has 1 aromatic heterocycles. The Labute approximate surface area is 327 Å². The highest BCUT2D eigenvalue weighted by Crippen LogP contribution is 2.39. The minimum absolute atomic E-state index is 1.11. The van der Waals surface area contributed by atoms with E-state index in [1.165, 1.54) is 66.3 Å². The average Bonchev–Trinajstić information content (AvgIpc) is 3.62. The van der Waals surface area contributed by atoms with E-state index in [0.29, 0.717) is 0 Å². The molecule has 56 heavy (non-hydrogen) atoms. The zero-order chi connectivity index (χ0) is 37.3. The molecular weight excluding hydrogens is 677 g/mol. The monoisotopic (exact) mass is 714 g/mol. The van der Waals surface area contributed by atoms with Crippen molar-refractivity contribution in [1.29, 1.82) is 0 Å². The van der Waals surface area contributed by atoms with Crippen molar-refractivity contribution in [3.63, 3.8) is 0 Å². The van der Waals surface area contributed by atoms with Crippen molar-refractivity contribution in [1.82, 2.24) is 4.57 Å². The lowest BCUT2D eigenvalue weighted by Gasteiger charge is -2.26. The van der Waals surface area contributed by atoms with Gasteiger partial charge in [0.25, 0.3) is 0 Å². The second-order valence-corrected chi connectivity index (χ2v) is 14.2. The first-order valence-electron chi connectivity index (χ1n) is 19.2. The van der Waals surface area contributed by atoms with E-state index in [4.69, 9.17) is 0 Å². The minimum Gasteiger partial charge on any atom is -0.310 e. The van der Waals surface area contributed by atoms with Crippen LogP contribution in [0.2, 0.25) is 0 Å². The van der Waals surface area contributed by atoms with Crippen molar-refractivity contribution in [3.8, 4) is 50.2 Å². The van der Waals surface area contributed by atoms with Gasteiger partial charge in [-0.15, -0.1) is 0 Å². The van der Waals surface area contributed by atoms with Crippen LogP contribution in [0.1, 0.15) is 0 Å². The molecule has 2 heteroatoms. The summed E-state index contributed by atoms with van der Waals surface area (Å²) in [4.78, 5) is 2.33. The van der Waals surface area contributed by atoms with E-state index in [9.17, 15) is 0 Å². The fraction of sp³-hybridized carbons (Fsp3) is 0. The summed E-state index contributed by atoms with van der Waals surface area (Å²) in [5.74, 6) is 0. The molecule has 0 aliphatic rings. The van der Waals surface area contributed by atoms with Gasteiger partial charge < -0.3 is 9.47 Å². The molecule has 0 atom stereocenters. The summed E-state index contributed by atoms with van der Waals surface area (Å²) in [5.41, 5.74) is 16.5. The fourth-order valence-electron chi connectivity index (χ4n) is 8.00. The Bertz CT molecular complexity index is 2910. The summed E-state index contributed by atoms with van der Waals surface area (Å²) < 4.78 is 2.40. The maximum absolute atomic E-state index is 2.40. The Balaban J connectivity index is 0.983. The maximum Gasteiger partial charge on any atom is 0.0547 e. The molecule has 0 saturated heterocycles. The zero-order valence-corrected chi connectivity index (χ0v) is 30.8. The molecule has 0 amide bonds. The molecular formula is C54H38N2. The molecule has 0 N–H and O–H groups in total. The van der Waals surface area contributed by atoms with Gasteiger partial charge in [0.1, 0.15) is 0 Å². The van der Waals surface area contributed by atoms with Crippen molar-refractivity contribution in [2.45, 2.75) is 0 Å². The predicted octanol–water partition coefficient (Wildman–Crippen LogP) is 14.9. The predicted molar refractivity (Wildman–Crippen MR) is 237 cm³/mol. The van der Waals surface area contributed by atoms with E-state index in [-0.39, 0.29) is 0 Å². The topological polar surface area (TPSA) is 8.17 Å². The third-order valence-electron chi connectivity index (χ3n) is 10.8. The van der Waals surface area contributed by atoms with Crippen LogP contribution in [0, 0.1) is 0 Å². The average molecular weight is 715 g/mol. The van der Waals surface area contributed by atoms with Gasteiger partial charge in [0.2, 0.25) is 0 Å². The van der Waals surface area contributed by atoms with Gasteiger partial charge in [-0.3, -0.25) is 0 Å². The number of hydrogen-bond acceptors (Lipinski definition) is 1. The van der Waals surface area contributed by atoms with Crippen molar-refractivity contribution in [3.05, 3.63) is 231 Å². The Morgan fingerprint density at radius 1 is 0.250 bits per heavy atom. The van der Waals surface area contributed by atoms with Gasteiger partial charge >= 0.3 is 0 Å². The van der Waals surface area contributed by atoms with E-state index < -0.39 is 0 Å². The number of benzene rings is 9. The van der Waals surface area contributed by atoms with Gasteiger partial charge in [0, 0.05) is 33.5 Å². The largest absolute Gasteiger partial charge is 0.310 e. The van der Waals surface area contributed by atoms with E-state index >= 15 is 0 Å². The Hall–Kier alpha value is -7.42. The van der Waals surface area contributed by atoms with E-state index in [1.807, 2.05) is 0 Å². The summed E-state index contributed by atoms with van der Waals surface area (Å²) in [7, 11) is 0. The molecule has 0 aliphatic carbocycles. The van der Waals surface area contributed by atoms with Crippen LogP contribution < -0.4 is 4.90 Å². The highest BCUT2D eigenvalue weighted by molar-refractivity contribution is 6.10. The number of hydrogen-bond donors (Lipinski definition) is 0. The fourth-order valence-corrected chi connectivity index (χ4v) is 8.00. The van der Waals surface area contributed by atoms with E-state index in [0.717, 1.165) is 22.7 Å². The summed E-state index contributed by atoms with van der Waals surface area (Å²) in [6, 6.07) is 82.9. The van der Waals surface area contributed by atoms with Gasteiger partial charge in [-0.1, -0.05) is 170 Å². The van der Waals surface area contributed by atoms with E-state index in [2.05, 4.69) is 240 Å². The summed E-state index contributed by atoms with van der Waals surface area (Å²) in [5, 5.41) is 2.51. The first-order valence-corrected chi connectivity index (χ1v) is 19.2. The van der Waals surface area contributed by atoms with Crippen molar-refractivity contribution in [2.24, 2.45) is 0 Å². The maximum atomic E-state index is 2.40. The smallest absolute Gasteiger partial charge is 0.0547 e. The van der Waals surface area contributed by atoms with Crippen LogP contribution in [0.5, 0.6) is 0 Å². The Kier molecular flexibility index (Phi) is 8.55. The third-order valence-corrected chi connectivity index (χ3v) is 10.8. The molecule has 0 bridgehead atoms. The second-order valence-electron chi connectivity index (χ2n) is 14.2. The molecule has 10 aromatic rings. The van der Waals surface area contributed by atoms with Gasteiger partial charge in [0.05, 0.1) is 11.0 Å². The van der Waals surface area contributed by atoms with Crippen molar-refractivity contribution >= 4 is 38.9 Å². The van der Waals surface area contributed by atoms with Gasteiger partial charge in [0.15, 0.2) is 0 Å². The number of anilines is 3. The highest BCUT2D eigenvalue weighted by Gasteiger charge is 2.16. The SMILES string of the molecule is c1ccc(-c2ccc(N(c3ccccc3)c3cccc(-c4ccc(-c5ccc6c7ccccc7n(-c7ccc(-c8ccccc8)cc7)c6c5)cc4)c3)cc2)cc1. The molecule has 0 fully saturated rings. The molecule has 0 unspecified atom stereocenters. The Morgan fingerprint density at radius 2 is 0.661 bits per heavy atom. The van der Waals surface area contributed by atoms with E-state index in [1.54, 1.807) is 0 Å². The van der Waals surface area contributed by atoms with Gasteiger partial charge in [-0.25, -0.2) is 0 Å². The number of nitrogens with zero attached hydrogens (tertiary/aromatic N) is 2. The lowest BCUT2D eigenvalue weighted by Crippen LogP contribution is -2.09. The number of rotatable bonds is 8. The molecule has 0 saturated carbocycles. The molecule has 0 radical (unpaired) electrons. The van der Waals surface area contributed by atoms with Crippen molar-refractivity contribution < 1.29 is 0 Å². The van der Waals surface area contributed by atoms with Gasteiger partial charge in [-0.2, -0.15) is 0 Å². The highest BCUT2D eigenvalue weighted by atomic mass is 15.1. The molecule has 10 rings (SSSR count). The second kappa shape index (κ2) is 14.4. The van der Waals surface area contributed by atoms with Crippen LogP contribution >= 0.6 is 0 Å². The van der Waals surface area contributed by atoms with Crippen molar-refractivity contribution in [2.75, 3.05) is 4.90 Å². The number of fused-ring (bicyclic) bond motifs is 3. The van der Waals surface area contributed by atoms with Gasteiger partial charge in [-0.05, 0) is 105 Å². The molecule has 0 aliphatic heterocycles. The number of para-hydroxylation sites is 2. The Morgan fingerprint density at radius 3 is 1.30 bits per heavy atom. The summed E-state index contributed by atoms with van der Waals surface area (Å²) in [6.07, 6.45) is 0. The molecule has 9 aromatic carbocycles. The van der Waals surface area contributed by atoms with Crippen LogP contribution in [0.3, 0.4) is 0 Å². The van der Waals surface area contributed by atoms with Crippen LogP contribution in [-0.4, -0.2) is 4.57 Å². The first kappa shape index (κ1) is 33.2.